The highest BCUT2D eigenvalue weighted by Gasteiger charge is 2.17. The van der Waals surface area contributed by atoms with Crippen LogP contribution in [0.25, 0.3) is 0 Å². The summed E-state index contributed by atoms with van der Waals surface area (Å²) in [5.74, 6) is -0.402. The van der Waals surface area contributed by atoms with Crippen molar-refractivity contribution in [1.29, 1.82) is 0 Å². The SMILES string of the molecule is N[C@@H](Cc1ccccc1)C(=O)Oc1c[nH]nn1. The summed E-state index contributed by atoms with van der Waals surface area (Å²) in [6.07, 6.45) is 1.81. The number of ether oxygens (including phenoxy) is 1. The van der Waals surface area contributed by atoms with Crippen molar-refractivity contribution in [2.45, 2.75) is 12.5 Å². The number of rotatable bonds is 4. The molecule has 0 amide bonds. The lowest BCUT2D eigenvalue weighted by Crippen LogP contribution is -2.36. The molecular formula is C11H12N4O2. The number of benzene rings is 1. The Bertz CT molecular complexity index is 469. The third kappa shape index (κ3) is 3.12. The quantitative estimate of drug-likeness (QED) is 0.738. The molecule has 2 aromatic rings. The van der Waals surface area contributed by atoms with Gasteiger partial charge >= 0.3 is 5.97 Å². The lowest BCUT2D eigenvalue weighted by Gasteiger charge is -2.09. The summed E-state index contributed by atoms with van der Waals surface area (Å²) in [5.41, 5.74) is 6.72. The highest BCUT2D eigenvalue weighted by atomic mass is 16.5. The van der Waals surface area contributed by atoms with Gasteiger partial charge in [0.05, 0.1) is 6.20 Å². The fourth-order valence-corrected chi connectivity index (χ4v) is 1.37. The van der Waals surface area contributed by atoms with Gasteiger partial charge in [0.25, 0.3) is 5.88 Å². The Balaban J connectivity index is 1.92. The predicted molar refractivity (Wildman–Crippen MR) is 60.1 cm³/mol. The molecule has 0 aliphatic carbocycles. The Hall–Kier alpha value is -2.21. The van der Waals surface area contributed by atoms with Crippen LogP contribution in [-0.4, -0.2) is 27.4 Å². The summed E-state index contributed by atoms with van der Waals surface area (Å²) in [6.45, 7) is 0. The van der Waals surface area contributed by atoms with E-state index in [1.807, 2.05) is 30.3 Å². The third-order valence-electron chi connectivity index (χ3n) is 2.20. The summed E-state index contributed by atoms with van der Waals surface area (Å²) in [7, 11) is 0. The maximum Gasteiger partial charge on any atom is 0.330 e. The van der Waals surface area contributed by atoms with Crippen molar-refractivity contribution in [3.8, 4) is 5.88 Å². The zero-order valence-corrected chi connectivity index (χ0v) is 9.04. The smallest absolute Gasteiger partial charge is 0.330 e. The molecule has 0 saturated heterocycles. The van der Waals surface area contributed by atoms with Gasteiger partial charge in [0.2, 0.25) is 0 Å². The minimum atomic E-state index is -0.714. The Morgan fingerprint density at radius 1 is 1.41 bits per heavy atom. The number of nitrogens with zero attached hydrogens (tertiary/aromatic N) is 2. The van der Waals surface area contributed by atoms with Crippen molar-refractivity contribution in [3.05, 3.63) is 42.1 Å². The number of H-pyrrole nitrogens is 1. The predicted octanol–water partition coefficient (Wildman–Crippen LogP) is 0.280. The minimum Gasteiger partial charge on any atom is -0.403 e. The summed E-state index contributed by atoms with van der Waals surface area (Å²) in [4.78, 5) is 11.6. The molecule has 0 saturated carbocycles. The molecule has 6 heteroatoms. The number of nitrogens with two attached hydrogens (primary N) is 1. The lowest BCUT2D eigenvalue weighted by molar-refractivity contribution is -0.136. The van der Waals surface area contributed by atoms with Gasteiger partial charge in [-0.3, -0.25) is 5.10 Å². The van der Waals surface area contributed by atoms with Crippen LogP contribution in [0.2, 0.25) is 0 Å². The maximum atomic E-state index is 11.6. The molecule has 1 heterocycles. The van der Waals surface area contributed by atoms with Gasteiger partial charge in [-0.05, 0) is 12.0 Å². The topological polar surface area (TPSA) is 93.9 Å². The van der Waals surface area contributed by atoms with E-state index in [9.17, 15) is 4.79 Å². The molecule has 1 atom stereocenters. The van der Waals surface area contributed by atoms with Crippen LogP contribution >= 0.6 is 0 Å². The number of nitrogens with one attached hydrogen (secondary N) is 1. The molecule has 2 rings (SSSR count). The van der Waals surface area contributed by atoms with Crippen molar-refractivity contribution in [2.24, 2.45) is 5.73 Å². The Kier molecular flexibility index (Phi) is 3.46. The molecule has 1 aromatic carbocycles. The molecule has 6 nitrogen and oxygen atoms in total. The second-order valence-corrected chi connectivity index (χ2v) is 3.53. The van der Waals surface area contributed by atoms with Crippen LogP contribution in [0.1, 0.15) is 5.56 Å². The van der Waals surface area contributed by atoms with Crippen LogP contribution in [0.15, 0.2) is 36.5 Å². The Labute approximate surface area is 97.8 Å². The molecule has 17 heavy (non-hydrogen) atoms. The van der Waals surface area contributed by atoms with E-state index < -0.39 is 12.0 Å². The monoisotopic (exact) mass is 232 g/mol. The summed E-state index contributed by atoms with van der Waals surface area (Å²) in [6, 6.07) is 8.79. The van der Waals surface area contributed by atoms with E-state index in [1.165, 1.54) is 6.20 Å². The van der Waals surface area contributed by atoms with E-state index in [2.05, 4.69) is 15.4 Å². The van der Waals surface area contributed by atoms with E-state index in [4.69, 9.17) is 10.5 Å². The zero-order chi connectivity index (χ0) is 12.1. The van der Waals surface area contributed by atoms with Crippen molar-refractivity contribution in [2.75, 3.05) is 0 Å². The molecule has 1 aromatic heterocycles. The molecule has 0 bridgehead atoms. The molecule has 0 spiro atoms. The number of esters is 1. The van der Waals surface area contributed by atoms with Gasteiger partial charge in [-0.15, -0.1) is 0 Å². The van der Waals surface area contributed by atoms with Gasteiger partial charge in [-0.25, -0.2) is 4.79 Å². The number of hydrogen-bond donors (Lipinski definition) is 2. The van der Waals surface area contributed by atoms with Crippen molar-refractivity contribution in [1.82, 2.24) is 15.4 Å². The van der Waals surface area contributed by atoms with E-state index >= 15 is 0 Å². The first-order valence-electron chi connectivity index (χ1n) is 5.13. The molecule has 0 aliphatic rings. The second kappa shape index (κ2) is 5.22. The summed E-state index contributed by atoms with van der Waals surface area (Å²) in [5, 5.41) is 9.41. The number of carbonyl (C=O) groups is 1. The molecule has 0 fully saturated rings. The number of aromatic amines is 1. The fourth-order valence-electron chi connectivity index (χ4n) is 1.37. The lowest BCUT2D eigenvalue weighted by atomic mass is 10.1. The van der Waals surface area contributed by atoms with Crippen molar-refractivity contribution < 1.29 is 9.53 Å². The first-order chi connectivity index (χ1) is 8.25. The number of carbonyl (C=O) groups excluding carboxylic acids is 1. The number of hydrogen-bond acceptors (Lipinski definition) is 5. The van der Waals surface area contributed by atoms with Crippen molar-refractivity contribution >= 4 is 5.97 Å². The maximum absolute atomic E-state index is 11.6. The van der Waals surface area contributed by atoms with Crippen LogP contribution in [0.4, 0.5) is 0 Å². The van der Waals surface area contributed by atoms with Crippen LogP contribution in [0, 0.1) is 0 Å². The molecule has 0 radical (unpaired) electrons. The van der Waals surface area contributed by atoms with Gasteiger partial charge < -0.3 is 10.5 Å². The van der Waals surface area contributed by atoms with Gasteiger partial charge in [0.15, 0.2) is 0 Å². The minimum absolute atomic E-state index is 0.124. The largest absolute Gasteiger partial charge is 0.403 e. The summed E-state index contributed by atoms with van der Waals surface area (Å²) < 4.78 is 4.92. The van der Waals surface area contributed by atoms with Crippen LogP contribution in [0.5, 0.6) is 5.88 Å². The average Bonchev–Trinajstić information content (AvgIpc) is 2.83. The van der Waals surface area contributed by atoms with Crippen LogP contribution in [0.3, 0.4) is 0 Å². The molecule has 0 unspecified atom stereocenters. The molecule has 3 N–H and O–H groups in total. The van der Waals surface area contributed by atoms with Gasteiger partial charge in [0, 0.05) is 0 Å². The average molecular weight is 232 g/mol. The van der Waals surface area contributed by atoms with Crippen LogP contribution < -0.4 is 10.5 Å². The van der Waals surface area contributed by atoms with E-state index in [-0.39, 0.29) is 5.88 Å². The van der Waals surface area contributed by atoms with Crippen molar-refractivity contribution in [3.63, 3.8) is 0 Å². The van der Waals surface area contributed by atoms with Gasteiger partial charge in [-0.1, -0.05) is 40.6 Å². The van der Waals surface area contributed by atoms with E-state index in [0.717, 1.165) is 5.56 Å². The van der Waals surface area contributed by atoms with Gasteiger partial charge in [0.1, 0.15) is 6.04 Å². The number of aromatic nitrogens is 3. The summed E-state index contributed by atoms with van der Waals surface area (Å²) >= 11 is 0. The first-order valence-corrected chi connectivity index (χ1v) is 5.13. The Morgan fingerprint density at radius 2 is 2.18 bits per heavy atom. The van der Waals surface area contributed by atoms with E-state index in [0.29, 0.717) is 6.42 Å². The highest BCUT2D eigenvalue weighted by Crippen LogP contribution is 2.05. The molecule has 0 aliphatic heterocycles. The highest BCUT2D eigenvalue weighted by molar-refractivity contribution is 5.77. The fraction of sp³-hybridized carbons (Fsp3) is 0.182. The second-order valence-electron chi connectivity index (χ2n) is 3.53. The standard InChI is InChI=1S/C11H12N4O2/c12-9(6-8-4-2-1-3-5-8)11(16)17-10-7-13-15-14-10/h1-5,7,9H,6,12H2,(H,13,14,15)/t9-/m0/s1. The van der Waals surface area contributed by atoms with E-state index in [1.54, 1.807) is 0 Å². The first kappa shape index (κ1) is 11.3. The normalized spacial score (nSPS) is 12.1. The zero-order valence-electron chi connectivity index (χ0n) is 9.04. The third-order valence-corrected chi connectivity index (χ3v) is 2.20. The molecule has 88 valence electrons. The Morgan fingerprint density at radius 3 is 2.82 bits per heavy atom. The van der Waals surface area contributed by atoms with Crippen LogP contribution in [-0.2, 0) is 11.2 Å². The van der Waals surface area contributed by atoms with Gasteiger partial charge in [-0.2, -0.15) is 0 Å². The molecular weight excluding hydrogens is 220 g/mol.